The first-order valence-electron chi connectivity index (χ1n) is 4.94. The van der Waals surface area contributed by atoms with Crippen molar-refractivity contribution in [1.82, 2.24) is 0 Å². The molecule has 0 aliphatic heterocycles. The maximum absolute atomic E-state index is 11.8. The zero-order valence-electron chi connectivity index (χ0n) is 10.00. The Labute approximate surface area is 99.4 Å². The molecule has 0 saturated heterocycles. The Kier molecular flexibility index (Phi) is 4.56. The zero-order chi connectivity index (χ0) is 12.4. The van der Waals surface area contributed by atoms with Crippen LogP contribution in [0.5, 0.6) is 0 Å². The Balaban J connectivity index is 4.74. The molecule has 1 atom stereocenters. The average Bonchev–Trinajstić information content (AvgIpc) is 1.94. The monoisotopic (exact) mass is 280 g/mol. The molecule has 4 heteroatoms. The van der Waals surface area contributed by atoms with Gasteiger partial charge in [0.15, 0.2) is 0 Å². The summed E-state index contributed by atoms with van der Waals surface area (Å²) in [5.41, 5.74) is -0.466. The summed E-state index contributed by atoms with van der Waals surface area (Å²) in [7, 11) is 0. The van der Waals surface area contributed by atoms with Crippen LogP contribution >= 0.6 is 0 Å². The van der Waals surface area contributed by atoms with Crippen molar-refractivity contribution in [2.75, 3.05) is 0 Å². The van der Waals surface area contributed by atoms with Crippen LogP contribution in [0.15, 0.2) is 0 Å². The summed E-state index contributed by atoms with van der Waals surface area (Å²) in [6.45, 7) is 9.08. The van der Waals surface area contributed by atoms with E-state index in [0.29, 0.717) is 0 Å². The van der Waals surface area contributed by atoms with Crippen LogP contribution in [-0.2, 0) is 9.59 Å². The molecule has 0 aromatic heterocycles. The summed E-state index contributed by atoms with van der Waals surface area (Å²) in [5.74, 6) is -1.54. The van der Waals surface area contributed by atoms with Gasteiger partial charge in [0.1, 0.15) is 0 Å². The molecule has 0 spiro atoms. The van der Waals surface area contributed by atoms with E-state index in [-0.39, 0.29) is 12.2 Å². The summed E-state index contributed by atoms with van der Waals surface area (Å²) in [6.07, 6.45) is 0.0978. The second kappa shape index (κ2) is 4.67. The number of Topliss-reactive ketones (excluding diaryl/α,β-unsaturated/α-hetero) is 1. The Morgan fingerprint density at radius 1 is 1.20 bits per heavy atom. The van der Waals surface area contributed by atoms with Gasteiger partial charge in [0.25, 0.3) is 0 Å². The van der Waals surface area contributed by atoms with Gasteiger partial charge in [0, 0.05) is 0 Å². The van der Waals surface area contributed by atoms with E-state index < -0.39 is 21.6 Å². The molecule has 88 valence electrons. The van der Waals surface area contributed by atoms with E-state index in [2.05, 4.69) is 16.0 Å². The third-order valence-electron chi connectivity index (χ3n) is 2.38. The number of hydrogen-bond acceptors (Lipinski definition) is 2. The molecule has 0 heterocycles. The summed E-state index contributed by atoms with van der Waals surface area (Å²) in [4.78, 5) is 22.8. The van der Waals surface area contributed by atoms with E-state index >= 15 is 0 Å². The average molecular weight is 279 g/mol. The van der Waals surface area contributed by atoms with Gasteiger partial charge in [-0.25, -0.2) is 0 Å². The Bertz CT molecular complexity index is 258. The predicted octanol–water partition coefficient (Wildman–Crippen LogP) is 1.79. The standard InChI is InChI=1S/C11H20O3Se/c1-10(2,3)8(12)6-7(9(13)14)11(4,5)15/h7,15H,6H2,1-5H3,(H,13,14). The molecule has 0 aliphatic carbocycles. The zero-order valence-corrected chi connectivity index (χ0v) is 11.9. The molecule has 0 rings (SSSR count). The first-order valence-corrected chi connectivity index (χ1v) is 5.88. The molecule has 0 bridgehead atoms. The van der Waals surface area contributed by atoms with E-state index in [1.165, 1.54) is 0 Å². The van der Waals surface area contributed by atoms with Crippen LogP contribution in [0.25, 0.3) is 0 Å². The quantitative estimate of drug-likeness (QED) is 0.798. The number of carboxylic acids is 1. The second-order valence-electron chi connectivity index (χ2n) is 5.42. The molecular formula is C11H20O3Se. The number of hydrogen-bond donors (Lipinski definition) is 1. The molecule has 0 radical (unpaired) electrons. The van der Waals surface area contributed by atoms with Gasteiger partial charge in [-0.15, -0.1) is 0 Å². The van der Waals surface area contributed by atoms with Crippen molar-refractivity contribution in [2.45, 2.75) is 45.4 Å². The van der Waals surface area contributed by atoms with Crippen molar-refractivity contribution in [3.05, 3.63) is 0 Å². The molecule has 1 unspecified atom stereocenters. The van der Waals surface area contributed by atoms with Crippen LogP contribution in [0, 0.1) is 11.3 Å². The van der Waals surface area contributed by atoms with Gasteiger partial charge in [-0.3, -0.25) is 0 Å². The third kappa shape index (κ3) is 4.80. The van der Waals surface area contributed by atoms with Crippen LogP contribution in [0.1, 0.15) is 41.0 Å². The van der Waals surface area contributed by atoms with Crippen molar-refractivity contribution in [3.63, 3.8) is 0 Å². The van der Waals surface area contributed by atoms with Gasteiger partial charge in [-0.1, -0.05) is 0 Å². The summed E-state index contributed by atoms with van der Waals surface area (Å²) in [5, 5.41) is 9.06. The van der Waals surface area contributed by atoms with Gasteiger partial charge in [0.05, 0.1) is 0 Å². The molecule has 1 N–H and O–H groups in total. The number of rotatable bonds is 4. The molecule has 0 aromatic rings. The molecule has 0 fully saturated rings. The maximum atomic E-state index is 11.8. The van der Waals surface area contributed by atoms with Crippen molar-refractivity contribution < 1.29 is 14.7 Å². The van der Waals surface area contributed by atoms with E-state index in [1.54, 1.807) is 0 Å². The fourth-order valence-corrected chi connectivity index (χ4v) is 1.55. The SMILES string of the molecule is CC(C)(C)C(=O)CC(C(=O)O)C(C)(C)[SeH]. The normalized spacial score (nSPS) is 14.8. The molecule has 15 heavy (non-hydrogen) atoms. The molecule has 0 aliphatic rings. The fourth-order valence-electron chi connectivity index (χ4n) is 1.13. The number of carbonyl (C=O) groups excluding carboxylic acids is 1. The first-order chi connectivity index (χ1) is 6.46. The van der Waals surface area contributed by atoms with E-state index in [9.17, 15) is 9.59 Å². The fraction of sp³-hybridized carbons (Fsp3) is 0.818. The number of aliphatic carboxylic acids is 1. The van der Waals surface area contributed by atoms with Crippen molar-refractivity contribution >= 4 is 27.8 Å². The van der Waals surface area contributed by atoms with Crippen LogP contribution in [-0.4, -0.2) is 32.9 Å². The third-order valence-corrected chi connectivity index (χ3v) is 3.03. The Hall–Kier alpha value is -0.341. The van der Waals surface area contributed by atoms with Crippen molar-refractivity contribution in [3.8, 4) is 0 Å². The summed E-state index contributed by atoms with van der Waals surface area (Å²) >= 11 is 2.34. The molecular weight excluding hydrogens is 259 g/mol. The van der Waals surface area contributed by atoms with Crippen LogP contribution in [0.2, 0.25) is 4.31 Å². The van der Waals surface area contributed by atoms with E-state index in [4.69, 9.17) is 5.11 Å². The first kappa shape index (κ1) is 14.7. The van der Waals surface area contributed by atoms with Crippen LogP contribution in [0.3, 0.4) is 0 Å². The van der Waals surface area contributed by atoms with Gasteiger partial charge in [-0.05, 0) is 0 Å². The van der Waals surface area contributed by atoms with Gasteiger partial charge in [-0.2, -0.15) is 0 Å². The van der Waals surface area contributed by atoms with Crippen LogP contribution < -0.4 is 0 Å². The van der Waals surface area contributed by atoms with Crippen molar-refractivity contribution in [2.24, 2.45) is 11.3 Å². The minimum atomic E-state index is -0.904. The minimum absolute atomic E-state index is 0.00553. The van der Waals surface area contributed by atoms with Crippen LogP contribution in [0.4, 0.5) is 0 Å². The Morgan fingerprint density at radius 2 is 1.60 bits per heavy atom. The molecule has 0 saturated carbocycles. The summed E-state index contributed by atoms with van der Waals surface area (Å²) < 4.78 is -0.445. The van der Waals surface area contributed by atoms with Gasteiger partial charge < -0.3 is 0 Å². The van der Waals surface area contributed by atoms with Gasteiger partial charge in [0.2, 0.25) is 0 Å². The topological polar surface area (TPSA) is 54.4 Å². The van der Waals surface area contributed by atoms with Crippen molar-refractivity contribution in [1.29, 1.82) is 0 Å². The number of carbonyl (C=O) groups is 2. The number of ketones is 1. The molecule has 0 amide bonds. The van der Waals surface area contributed by atoms with Gasteiger partial charge >= 0.3 is 99.1 Å². The molecule has 0 aromatic carbocycles. The summed E-state index contributed by atoms with van der Waals surface area (Å²) in [6, 6.07) is 0. The van der Waals surface area contributed by atoms with E-state index in [0.717, 1.165) is 0 Å². The molecule has 3 nitrogen and oxygen atoms in total. The Morgan fingerprint density at radius 3 is 1.80 bits per heavy atom. The number of carboxylic acid groups (broad SMARTS) is 1. The predicted molar refractivity (Wildman–Crippen MR) is 61.4 cm³/mol. The second-order valence-corrected chi connectivity index (χ2v) is 7.84. The van der Waals surface area contributed by atoms with E-state index in [1.807, 2.05) is 34.6 Å².